The monoisotopic (exact) mass is 313 g/mol. The molecule has 3 nitrogen and oxygen atoms in total. The maximum Gasteiger partial charge on any atom is 0.224 e. The van der Waals surface area contributed by atoms with Gasteiger partial charge in [0, 0.05) is 22.7 Å². The lowest BCUT2D eigenvalue weighted by Crippen LogP contribution is -2.09. The highest BCUT2D eigenvalue weighted by atomic mass is 35.5. The molecule has 0 aliphatic heterocycles. The van der Waals surface area contributed by atoms with E-state index in [1.807, 2.05) is 12.1 Å². The molecule has 0 aromatic heterocycles. The van der Waals surface area contributed by atoms with Crippen LogP contribution in [0.4, 0.5) is 5.69 Å². The van der Waals surface area contributed by atoms with Gasteiger partial charge < -0.3 is 5.32 Å². The minimum atomic E-state index is -0.123. The lowest BCUT2D eigenvalue weighted by Gasteiger charge is -2.04. The van der Waals surface area contributed by atoms with Crippen molar-refractivity contribution in [2.75, 3.05) is 5.32 Å². The molecule has 2 aromatic carbocycles. The third-order valence-corrected chi connectivity index (χ3v) is 3.30. The van der Waals surface area contributed by atoms with Crippen LogP contribution in [0.2, 0.25) is 5.02 Å². The zero-order chi connectivity index (χ0) is 15.9. The second-order valence-corrected chi connectivity index (χ2v) is 5.17. The molecule has 0 aliphatic rings. The molecule has 0 heterocycles. The Kier molecular flexibility index (Phi) is 5.50. The normalized spacial score (nSPS) is 10.6. The third kappa shape index (κ3) is 4.57. The number of benzene rings is 2. The fourth-order valence-electron chi connectivity index (χ4n) is 1.84. The average molecular weight is 314 g/mol. The maximum absolute atomic E-state index is 12.2. The van der Waals surface area contributed by atoms with E-state index in [0.717, 1.165) is 5.56 Å². The number of carbonyl (C=O) groups excluding carboxylic acids is 2. The molecule has 2 aromatic rings. The van der Waals surface area contributed by atoms with Crippen LogP contribution in [-0.2, 0) is 4.79 Å². The van der Waals surface area contributed by atoms with E-state index in [0.29, 0.717) is 22.7 Å². The molecule has 0 atom stereocenters. The predicted octanol–water partition coefficient (Wildman–Crippen LogP) is 4.58. The summed E-state index contributed by atoms with van der Waals surface area (Å²) in [4.78, 5) is 23.5. The van der Waals surface area contributed by atoms with Gasteiger partial charge in [0.25, 0.3) is 0 Å². The first kappa shape index (κ1) is 16.0. The largest absolute Gasteiger partial charge is 0.326 e. The fraction of sp³-hybridized carbons (Fsp3) is 0.111. The summed E-state index contributed by atoms with van der Waals surface area (Å²) in [6.07, 6.45) is 3.63. The first-order valence-electron chi connectivity index (χ1n) is 6.96. The Hall–Kier alpha value is -2.39. The maximum atomic E-state index is 12.2. The van der Waals surface area contributed by atoms with Crippen LogP contribution in [0.25, 0.3) is 6.08 Å². The predicted molar refractivity (Wildman–Crippen MR) is 90.2 cm³/mol. The Bertz CT molecular complexity index is 705. The van der Waals surface area contributed by atoms with Gasteiger partial charge >= 0.3 is 0 Å². The van der Waals surface area contributed by atoms with Crippen LogP contribution in [0.3, 0.4) is 0 Å². The van der Waals surface area contributed by atoms with Gasteiger partial charge in [-0.25, -0.2) is 0 Å². The summed E-state index contributed by atoms with van der Waals surface area (Å²) in [7, 11) is 0. The van der Waals surface area contributed by atoms with Crippen LogP contribution in [-0.4, -0.2) is 11.7 Å². The first-order valence-corrected chi connectivity index (χ1v) is 7.34. The van der Waals surface area contributed by atoms with E-state index in [9.17, 15) is 9.59 Å². The van der Waals surface area contributed by atoms with Gasteiger partial charge in [-0.2, -0.15) is 0 Å². The molecule has 112 valence electrons. The third-order valence-electron chi connectivity index (χ3n) is 3.05. The number of hydrogen-bond acceptors (Lipinski definition) is 2. The van der Waals surface area contributed by atoms with E-state index in [4.69, 9.17) is 11.6 Å². The summed E-state index contributed by atoms with van der Waals surface area (Å²) in [5.41, 5.74) is 2.05. The Labute approximate surface area is 134 Å². The van der Waals surface area contributed by atoms with Gasteiger partial charge in [-0.3, -0.25) is 9.59 Å². The molecule has 0 spiro atoms. The molecule has 0 radical (unpaired) electrons. The first-order chi connectivity index (χ1) is 10.6. The number of rotatable bonds is 5. The highest BCUT2D eigenvalue weighted by Gasteiger charge is 2.04. The summed E-state index contributed by atoms with van der Waals surface area (Å²) in [5, 5.41) is 3.39. The van der Waals surface area contributed by atoms with Crippen molar-refractivity contribution in [3.63, 3.8) is 0 Å². The van der Waals surface area contributed by atoms with Crippen molar-refractivity contribution < 1.29 is 9.59 Å². The van der Waals surface area contributed by atoms with Crippen LogP contribution in [0.1, 0.15) is 29.3 Å². The summed E-state index contributed by atoms with van der Waals surface area (Å²) in [5.74, 6) is -0.205. The number of allylic oxidation sites excluding steroid dienone is 1. The molecule has 22 heavy (non-hydrogen) atoms. The second kappa shape index (κ2) is 7.57. The topological polar surface area (TPSA) is 46.2 Å². The number of amides is 1. The van der Waals surface area contributed by atoms with Gasteiger partial charge in [0.1, 0.15) is 0 Å². The van der Waals surface area contributed by atoms with Gasteiger partial charge in [0.15, 0.2) is 5.78 Å². The Morgan fingerprint density at radius 2 is 1.86 bits per heavy atom. The minimum Gasteiger partial charge on any atom is -0.326 e. The molecule has 0 bridgehead atoms. The van der Waals surface area contributed by atoms with Crippen LogP contribution >= 0.6 is 11.6 Å². The van der Waals surface area contributed by atoms with Crippen LogP contribution in [0, 0.1) is 0 Å². The molecular weight excluding hydrogens is 298 g/mol. The highest BCUT2D eigenvalue weighted by molar-refractivity contribution is 6.30. The van der Waals surface area contributed by atoms with Gasteiger partial charge in [-0.15, -0.1) is 0 Å². The van der Waals surface area contributed by atoms with Gasteiger partial charge in [0.2, 0.25) is 5.91 Å². The smallest absolute Gasteiger partial charge is 0.224 e. The zero-order valence-electron chi connectivity index (χ0n) is 12.2. The lowest BCUT2D eigenvalue weighted by molar-refractivity contribution is -0.115. The second-order valence-electron chi connectivity index (χ2n) is 4.73. The molecule has 1 N–H and O–H groups in total. The number of ketones is 1. The molecule has 0 saturated heterocycles. The Balaban J connectivity index is 2.10. The Morgan fingerprint density at radius 1 is 1.14 bits per heavy atom. The zero-order valence-corrected chi connectivity index (χ0v) is 12.9. The van der Waals surface area contributed by atoms with Crippen molar-refractivity contribution in [1.29, 1.82) is 0 Å². The van der Waals surface area contributed by atoms with Crippen LogP contribution in [0.5, 0.6) is 0 Å². The fourth-order valence-corrected chi connectivity index (χ4v) is 1.97. The van der Waals surface area contributed by atoms with E-state index in [2.05, 4.69) is 5.32 Å². The van der Waals surface area contributed by atoms with Crippen molar-refractivity contribution >= 4 is 35.1 Å². The van der Waals surface area contributed by atoms with Crippen molar-refractivity contribution in [3.05, 3.63) is 70.8 Å². The number of halogens is 1. The Morgan fingerprint density at radius 3 is 2.55 bits per heavy atom. The van der Waals surface area contributed by atoms with E-state index in [1.165, 1.54) is 6.08 Å². The highest BCUT2D eigenvalue weighted by Crippen LogP contribution is 2.14. The molecule has 2 rings (SSSR count). The number of hydrogen-bond donors (Lipinski definition) is 1. The summed E-state index contributed by atoms with van der Waals surface area (Å²) < 4.78 is 0. The van der Waals surface area contributed by atoms with Crippen molar-refractivity contribution in [2.24, 2.45) is 0 Å². The average Bonchev–Trinajstić information content (AvgIpc) is 2.54. The molecule has 4 heteroatoms. The van der Waals surface area contributed by atoms with Crippen molar-refractivity contribution in [2.45, 2.75) is 13.3 Å². The van der Waals surface area contributed by atoms with Crippen molar-refractivity contribution in [3.8, 4) is 0 Å². The van der Waals surface area contributed by atoms with E-state index >= 15 is 0 Å². The summed E-state index contributed by atoms with van der Waals surface area (Å²) >= 11 is 5.82. The molecule has 0 unspecified atom stereocenters. The molecule has 0 saturated carbocycles. The lowest BCUT2D eigenvalue weighted by atomic mass is 10.1. The molecule has 0 aliphatic carbocycles. The van der Waals surface area contributed by atoms with E-state index in [-0.39, 0.29) is 11.7 Å². The summed E-state index contributed by atoms with van der Waals surface area (Å²) in [6, 6.07) is 14.1. The SMILES string of the molecule is CCC(=O)Nc1cccc(C(=O)C=Cc2ccc(Cl)cc2)c1. The molecular formula is C18H16ClNO2. The van der Waals surface area contributed by atoms with Gasteiger partial charge in [-0.1, -0.05) is 48.9 Å². The standard InChI is InChI=1S/C18H16ClNO2/c1-2-18(22)20-16-5-3-4-14(12-16)17(21)11-8-13-6-9-15(19)10-7-13/h3-12H,2H2,1H3,(H,20,22). The van der Waals surface area contributed by atoms with Crippen LogP contribution < -0.4 is 5.32 Å². The summed E-state index contributed by atoms with van der Waals surface area (Å²) in [6.45, 7) is 1.78. The van der Waals surface area contributed by atoms with Gasteiger partial charge in [0.05, 0.1) is 0 Å². The quantitative estimate of drug-likeness (QED) is 0.648. The van der Waals surface area contributed by atoms with E-state index < -0.39 is 0 Å². The number of carbonyl (C=O) groups is 2. The van der Waals surface area contributed by atoms with Crippen molar-refractivity contribution in [1.82, 2.24) is 0 Å². The minimum absolute atomic E-state index is 0.0821. The van der Waals surface area contributed by atoms with E-state index in [1.54, 1.807) is 49.4 Å². The number of nitrogens with one attached hydrogen (secondary N) is 1. The van der Waals surface area contributed by atoms with Crippen LogP contribution in [0.15, 0.2) is 54.6 Å². The number of anilines is 1. The molecule has 1 amide bonds. The van der Waals surface area contributed by atoms with Gasteiger partial charge in [-0.05, 0) is 35.9 Å². The molecule has 0 fully saturated rings.